The topological polar surface area (TPSA) is 20.2 Å². The largest absolute Gasteiger partial charge is 0.393 e. The molecule has 0 amide bonds. The summed E-state index contributed by atoms with van der Waals surface area (Å²) in [6, 6.07) is 0. The average Bonchev–Trinajstić information content (AvgIpc) is 1.65. The van der Waals surface area contributed by atoms with E-state index in [0.29, 0.717) is 12.3 Å². The summed E-state index contributed by atoms with van der Waals surface area (Å²) in [5, 5.41) is 8.62. The molecule has 0 spiro atoms. The summed E-state index contributed by atoms with van der Waals surface area (Å²) in [7, 11) is 0. The minimum absolute atomic E-state index is 0.0864. The third-order valence-electron chi connectivity index (χ3n) is 0.764. The fourth-order valence-corrected chi connectivity index (χ4v) is 0.817. The van der Waals surface area contributed by atoms with Crippen molar-refractivity contribution < 1.29 is 5.11 Å². The molecule has 0 saturated heterocycles. The second-order valence-corrected chi connectivity index (χ2v) is 2.76. The van der Waals surface area contributed by atoms with Gasteiger partial charge in [-0.2, -0.15) is 0 Å². The molecule has 0 heterocycles. The van der Waals surface area contributed by atoms with Crippen LogP contribution in [0.2, 0.25) is 0 Å². The van der Waals surface area contributed by atoms with Gasteiger partial charge in [-0.05, 0) is 13.3 Å². The highest BCUT2D eigenvalue weighted by Gasteiger charge is 2.04. The fourth-order valence-electron chi connectivity index (χ4n) is 0.433. The van der Waals surface area contributed by atoms with Crippen molar-refractivity contribution in [3.05, 3.63) is 0 Å². The van der Waals surface area contributed by atoms with Crippen molar-refractivity contribution in [2.45, 2.75) is 24.8 Å². The van der Waals surface area contributed by atoms with Crippen LogP contribution in [0, 0.1) is 0 Å². The van der Waals surface area contributed by atoms with E-state index in [0.717, 1.165) is 0 Å². The zero-order valence-corrected chi connectivity index (χ0v) is 6.28. The van der Waals surface area contributed by atoms with Crippen LogP contribution in [0.1, 0.15) is 13.3 Å². The highest BCUT2D eigenvalue weighted by molar-refractivity contribution is 6.28. The quantitative estimate of drug-likeness (QED) is 0.617. The van der Waals surface area contributed by atoms with Gasteiger partial charge in [0.2, 0.25) is 0 Å². The van der Waals surface area contributed by atoms with E-state index in [2.05, 4.69) is 0 Å². The number of halogens is 2. The second kappa shape index (κ2) is 4.42. The van der Waals surface area contributed by atoms with Gasteiger partial charge in [-0.3, -0.25) is 0 Å². The molecule has 1 nitrogen and oxygen atoms in total. The molecule has 0 aliphatic carbocycles. The number of hydrogen-bond acceptors (Lipinski definition) is 1. The van der Waals surface area contributed by atoms with Crippen LogP contribution in [0.4, 0.5) is 0 Å². The van der Waals surface area contributed by atoms with Gasteiger partial charge in [0.25, 0.3) is 0 Å². The lowest BCUT2D eigenvalue weighted by Crippen LogP contribution is -2.10. The van der Waals surface area contributed by atoms with Gasteiger partial charge in [-0.25, -0.2) is 0 Å². The zero-order chi connectivity index (χ0) is 6.57. The van der Waals surface area contributed by atoms with Crippen LogP contribution in [0.5, 0.6) is 0 Å². The highest BCUT2D eigenvalue weighted by atomic mass is 35.5. The van der Waals surface area contributed by atoms with E-state index in [1.165, 1.54) is 0 Å². The van der Waals surface area contributed by atoms with Gasteiger partial charge in [-0.15, -0.1) is 23.2 Å². The molecule has 1 N–H and O–H groups in total. The van der Waals surface area contributed by atoms with Crippen molar-refractivity contribution in [2.75, 3.05) is 5.88 Å². The van der Waals surface area contributed by atoms with Crippen LogP contribution in [-0.2, 0) is 0 Å². The van der Waals surface area contributed by atoms with E-state index in [9.17, 15) is 0 Å². The summed E-state index contributed by atoms with van der Waals surface area (Å²) in [5.41, 5.74) is 0. The van der Waals surface area contributed by atoms with Crippen molar-refractivity contribution in [1.29, 1.82) is 0 Å². The molecule has 0 radical (unpaired) electrons. The standard InChI is InChI=1S/C5H10Cl2O/c1-4(8)2-5(7)3-6/h4-5,8H,2-3H2,1H3. The number of rotatable bonds is 3. The molecule has 2 unspecified atom stereocenters. The van der Waals surface area contributed by atoms with E-state index in [1.807, 2.05) is 0 Å². The molecule has 0 aromatic rings. The lowest BCUT2D eigenvalue weighted by atomic mass is 10.2. The maximum absolute atomic E-state index is 8.71. The first-order valence-corrected chi connectivity index (χ1v) is 3.52. The Bertz CT molecular complexity index is 56.4. The molecule has 0 aromatic heterocycles. The van der Waals surface area contributed by atoms with Gasteiger partial charge in [0, 0.05) is 11.3 Å². The number of hydrogen-bond donors (Lipinski definition) is 1. The van der Waals surface area contributed by atoms with Crippen LogP contribution < -0.4 is 0 Å². The minimum atomic E-state index is -0.337. The molecule has 3 heteroatoms. The first-order valence-electron chi connectivity index (χ1n) is 2.55. The van der Waals surface area contributed by atoms with Crippen LogP contribution in [-0.4, -0.2) is 22.5 Å². The Morgan fingerprint density at radius 1 is 1.62 bits per heavy atom. The van der Waals surface area contributed by atoms with Crippen molar-refractivity contribution >= 4 is 23.2 Å². The first-order chi connectivity index (χ1) is 3.66. The SMILES string of the molecule is CC(O)CC(Cl)CCl. The van der Waals surface area contributed by atoms with Gasteiger partial charge in [-0.1, -0.05) is 0 Å². The van der Waals surface area contributed by atoms with Gasteiger partial charge >= 0.3 is 0 Å². The number of aliphatic hydroxyl groups is 1. The lowest BCUT2D eigenvalue weighted by Gasteiger charge is -2.05. The molecular formula is C5H10Cl2O. The number of aliphatic hydroxyl groups excluding tert-OH is 1. The molecule has 50 valence electrons. The van der Waals surface area contributed by atoms with Crippen LogP contribution in [0.25, 0.3) is 0 Å². The Hall–Kier alpha value is 0.540. The van der Waals surface area contributed by atoms with Gasteiger partial charge in [0.05, 0.1) is 6.10 Å². The minimum Gasteiger partial charge on any atom is -0.393 e. The Morgan fingerprint density at radius 3 is 2.25 bits per heavy atom. The van der Waals surface area contributed by atoms with Gasteiger partial charge in [0.15, 0.2) is 0 Å². The molecule has 0 saturated carbocycles. The molecule has 0 rings (SSSR count). The summed E-state index contributed by atoms with van der Waals surface area (Å²) in [5.74, 6) is 0.409. The Morgan fingerprint density at radius 2 is 2.12 bits per heavy atom. The summed E-state index contributed by atoms with van der Waals surface area (Å²) in [6.07, 6.45) is 0.238. The van der Waals surface area contributed by atoms with Crippen LogP contribution in [0.3, 0.4) is 0 Å². The maximum atomic E-state index is 8.71. The van der Waals surface area contributed by atoms with E-state index >= 15 is 0 Å². The summed E-state index contributed by atoms with van der Waals surface area (Å²) >= 11 is 10.9. The van der Waals surface area contributed by atoms with Gasteiger partial charge < -0.3 is 5.11 Å². The van der Waals surface area contributed by atoms with Crippen molar-refractivity contribution in [3.8, 4) is 0 Å². The van der Waals surface area contributed by atoms with E-state index in [1.54, 1.807) is 6.92 Å². The molecule has 0 fully saturated rings. The third kappa shape index (κ3) is 4.69. The second-order valence-electron chi connectivity index (χ2n) is 1.84. The number of alkyl halides is 2. The van der Waals surface area contributed by atoms with Crippen molar-refractivity contribution in [2.24, 2.45) is 0 Å². The lowest BCUT2D eigenvalue weighted by molar-refractivity contribution is 0.185. The summed E-state index contributed by atoms with van der Waals surface area (Å²) < 4.78 is 0. The van der Waals surface area contributed by atoms with E-state index in [4.69, 9.17) is 28.3 Å². The average molecular weight is 157 g/mol. The Kier molecular flexibility index (Phi) is 4.72. The van der Waals surface area contributed by atoms with Crippen molar-refractivity contribution in [1.82, 2.24) is 0 Å². The predicted molar refractivity (Wildman–Crippen MR) is 36.7 cm³/mol. The predicted octanol–water partition coefficient (Wildman–Crippen LogP) is 1.60. The first kappa shape index (κ1) is 8.54. The maximum Gasteiger partial charge on any atom is 0.0526 e. The molecule has 0 aromatic carbocycles. The third-order valence-corrected chi connectivity index (χ3v) is 1.63. The fraction of sp³-hybridized carbons (Fsp3) is 1.00. The molecule has 0 bridgehead atoms. The Balaban J connectivity index is 3.10. The summed E-state index contributed by atoms with van der Waals surface area (Å²) in [6.45, 7) is 1.70. The zero-order valence-electron chi connectivity index (χ0n) is 4.77. The van der Waals surface area contributed by atoms with Crippen LogP contribution in [0.15, 0.2) is 0 Å². The highest BCUT2D eigenvalue weighted by Crippen LogP contribution is 2.06. The van der Waals surface area contributed by atoms with Crippen LogP contribution >= 0.6 is 23.2 Å². The molecule has 0 aliphatic heterocycles. The molecule has 8 heavy (non-hydrogen) atoms. The molecule has 0 aliphatic rings. The smallest absolute Gasteiger partial charge is 0.0526 e. The molecular weight excluding hydrogens is 147 g/mol. The normalized spacial score (nSPS) is 18.0. The van der Waals surface area contributed by atoms with Gasteiger partial charge in [0.1, 0.15) is 0 Å². The van der Waals surface area contributed by atoms with Crippen molar-refractivity contribution in [3.63, 3.8) is 0 Å². The molecule has 2 atom stereocenters. The van der Waals surface area contributed by atoms with E-state index < -0.39 is 0 Å². The Labute approximate surface area is 59.6 Å². The summed E-state index contributed by atoms with van der Waals surface area (Å²) in [4.78, 5) is 0. The van der Waals surface area contributed by atoms with E-state index in [-0.39, 0.29) is 11.5 Å². The monoisotopic (exact) mass is 156 g/mol.